The van der Waals surface area contributed by atoms with Crippen molar-refractivity contribution in [1.82, 2.24) is 20.4 Å². The second-order valence-corrected chi connectivity index (χ2v) is 7.89. The summed E-state index contributed by atoms with van der Waals surface area (Å²) in [5, 5.41) is 20.3. The Labute approximate surface area is 164 Å². The van der Waals surface area contributed by atoms with Crippen LogP contribution in [0.4, 0.5) is 0 Å². The number of hydrogen-bond acceptors (Lipinski definition) is 4. The molecule has 27 heavy (non-hydrogen) atoms. The molecule has 1 aromatic carbocycles. The van der Waals surface area contributed by atoms with E-state index in [4.69, 9.17) is 12.2 Å². The van der Waals surface area contributed by atoms with Gasteiger partial charge in [-0.05, 0) is 43.2 Å². The standard InChI is InChI=1S/C20H24N4O2S/c1-11(12-6-4-3-5-7-12)24-17(10-16(23-24)20(27)21-2)19(26)22-18-14-8-13(25)9-15(14)18/h3-7,10-11,13-15,18,25H,8-9H2,1-2H3,(H,21,27)(H,22,26)/t11?,13?,14-,15?,18?/m0/s1. The summed E-state index contributed by atoms with van der Waals surface area (Å²) in [6, 6.07) is 11.8. The van der Waals surface area contributed by atoms with Gasteiger partial charge in [-0.2, -0.15) is 5.10 Å². The molecule has 0 spiro atoms. The lowest BCUT2D eigenvalue weighted by molar-refractivity contribution is 0.0925. The van der Waals surface area contributed by atoms with Crippen molar-refractivity contribution in [2.45, 2.75) is 38.0 Å². The van der Waals surface area contributed by atoms with Crippen LogP contribution < -0.4 is 10.6 Å². The van der Waals surface area contributed by atoms with Gasteiger partial charge in [-0.1, -0.05) is 42.5 Å². The number of amides is 1. The number of nitrogens with one attached hydrogen (secondary N) is 2. The third kappa shape index (κ3) is 3.37. The zero-order valence-corrected chi connectivity index (χ0v) is 16.2. The van der Waals surface area contributed by atoms with Gasteiger partial charge in [0.05, 0.1) is 12.1 Å². The van der Waals surface area contributed by atoms with Gasteiger partial charge in [0, 0.05) is 13.1 Å². The Bertz CT molecular complexity index is 854. The van der Waals surface area contributed by atoms with E-state index in [0.29, 0.717) is 28.2 Å². The maximum Gasteiger partial charge on any atom is 0.269 e. The zero-order chi connectivity index (χ0) is 19.1. The van der Waals surface area contributed by atoms with Crippen LogP contribution in [0.5, 0.6) is 0 Å². The van der Waals surface area contributed by atoms with E-state index >= 15 is 0 Å². The van der Waals surface area contributed by atoms with Gasteiger partial charge in [0.25, 0.3) is 5.91 Å². The predicted octanol–water partition coefficient (Wildman–Crippen LogP) is 1.89. The summed E-state index contributed by atoms with van der Waals surface area (Å²) in [4.78, 5) is 13.5. The number of carbonyl (C=O) groups excluding carboxylic acids is 1. The summed E-state index contributed by atoms with van der Waals surface area (Å²) in [6.07, 6.45) is 1.35. The molecule has 5 atom stereocenters. The first-order chi connectivity index (χ1) is 13.0. The van der Waals surface area contributed by atoms with Gasteiger partial charge < -0.3 is 15.7 Å². The van der Waals surface area contributed by atoms with E-state index in [-0.39, 0.29) is 24.1 Å². The van der Waals surface area contributed by atoms with E-state index in [1.807, 2.05) is 37.3 Å². The second-order valence-electron chi connectivity index (χ2n) is 7.48. The van der Waals surface area contributed by atoms with E-state index in [0.717, 1.165) is 18.4 Å². The van der Waals surface area contributed by atoms with Crippen molar-refractivity contribution in [3.05, 3.63) is 53.3 Å². The molecule has 2 saturated carbocycles. The number of hydrogen-bond donors (Lipinski definition) is 3. The molecule has 4 rings (SSSR count). The minimum Gasteiger partial charge on any atom is -0.393 e. The summed E-state index contributed by atoms with van der Waals surface area (Å²) < 4.78 is 1.75. The molecule has 0 saturated heterocycles. The molecule has 4 unspecified atom stereocenters. The lowest BCUT2D eigenvalue weighted by atomic mass is 10.1. The largest absolute Gasteiger partial charge is 0.393 e. The van der Waals surface area contributed by atoms with Crippen LogP contribution in [0.2, 0.25) is 0 Å². The Morgan fingerprint density at radius 3 is 2.59 bits per heavy atom. The smallest absolute Gasteiger partial charge is 0.269 e. The summed E-state index contributed by atoms with van der Waals surface area (Å²) >= 11 is 5.32. The molecule has 2 fully saturated rings. The first-order valence-corrected chi connectivity index (χ1v) is 9.76. The van der Waals surface area contributed by atoms with Crippen molar-refractivity contribution >= 4 is 23.1 Å². The number of aliphatic hydroxyl groups excluding tert-OH is 1. The third-order valence-electron chi connectivity index (χ3n) is 5.79. The van der Waals surface area contributed by atoms with E-state index < -0.39 is 0 Å². The lowest BCUT2D eigenvalue weighted by Crippen LogP contribution is -2.32. The first kappa shape index (κ1) is 18.1. The number of benzene rings is 1. The van der Waals surface area contributed by atoms with Gasteiger partial charge in [0.1, 0.15) is 16.4 Å². The SMILES string of the molecule is CNC(=S)c1cc(C(=O)NC2C3CC(O)C[C@@H]32)n(C(C)c2ccccc2)n1. The van der Waals surface area contributed by atoms with Crippen molar-refractivity contribution in [3.8, 4) is 0 Å². The number of thiocarbonyl (C=S) groups is 1. The van der Waals surface area contributed by atoms with Crippen molar-refractivity contribution in [1.29, 1.82) is 0 Å². The maximum atomic E-state index is 13.0. The van der Waals surface area contributed by atoms with Crippen LogP contribution in [0.3, 0.4) is 0 Å². The quantitative estimate of drug-likeness (QED) is 0.686. The number of nitrogens with zero attached hydrogens (tertiary/aromatic N) is 2. The molecule has 3 N–H and O–H groups in total. The molecule has 2 aliphatic carbocycles. The Balaban J connectivity index is 1.59. The summed E-state index contributed by atoms with van der Waals surface area (Å²) in [6.45, 7) is 2.02. The van der Waals surface area contributed by atoms with Crippen molar-refractivity contribution in [2.24, 2.45) is 11.8 Å². The minimum absolute atomic E-state index is 0.0964. The minimum atomic E-state index is -0.212. The zero-order valence-electron chi connectivity index (χ0n) is 15.4. The topological polar surface area (TPSA) is 79.2 Å². The van der Waals surface area contributed by atoms with Gasteiger partial charge >= 0.3 is 0 Å². The van der Waals surface area contributed by atoms with E-state index in [1.54, 1.807) is 17.8 Å². The van der Waals surface area contributed by atoms with Crippen LogP contribution in [0.1, 0.15) is 47.6 Å². The monoisotopic (exact) mass is 384 g/mol. The van der Waals surface area contributed by atoms with Crippen LogP contribution >= 0.6 is 12.2 Å². The van der Waals surface area contributed by atoms with Crippen LogP contribution in [-0.2, 0) is 0 Å². The van der Waals surface area contributed by atoms with Crippen LogP contribution in [0, 0.1) is 11.8 Å². The highest BCUT2D eigenvalue weighted by Crippen LogP contribution is 2.52. The fraction of sp³-hybridized carbons (Fsp3) is 0.450. The molecule has 1 heterocycles. The highest BCUT2D eigenvalue weighted by molar-refractivity contribution is 7.80. The van der Waals surface area contributed by atoms with Crippen molar-refractivity contribution in [3.63, 3.8) is 0 Å². The molecule has 0 bridgehead atoms. The number of aromatic nitrogens is 2. The third-order valence-corrected chi connectivity index (χ3v) is 6.21. The fourth-order valence-electron chi connectivity index (χ4n) is 4.22. The Morgan fingerprint density at radius 1 is 1.30 bits per heavy atom. The molecule has 2 aliphatic rings. The molecule has 142 valence electrons. The van der Waals surface area contributed by atoms with Crippen LogP contribution in [0.15, 0.2) is 36.4 Å². The highest BCUT2D eigenvalue weighted by Gasteiger charge is 2.56. The second kappa shape index (κ2) is 7.05. The molecular formula is C20H24N4O2S. The van der Waals surface area contributed by atoms with Gasteiger partial charge in [-0.15, -0.1) is 0 Å². The number of fused-ring (bicyclic) bond motifs is 1. The van der Waals surface area contributed by atoms with Crippen molar-refractivity contribution < 1.29 is 9.90 Å². The van der Waals surface area contributed by atoms with Gasteiger partial charge in [0.15, 0.2) is 0 Å². The predicted molar refractivity (Wildman–Crippen MR) is 107 cm³/mol. The number of carbonyl (C=O) groups is 1. The molecule has 7 heteroatoms. The molecule has 0 aliphatic heterocycles. The maximum absolute atomic E-state index is 13.0. The normalized spacial score (nSPS) is 26.9. The molecule has 1 amide bonds. The molecular weight excluding hydrogens is 360 g/mol. The van der Waals surface area contributed by atoms with Crippen LogP contribution in [0.25, 0.3) is 0 Å². The molecule has 6 nitrogen and oxygen atoms in total. The molecule has 2 aromatic rings. The molecule has 1 aromatic heterocycles. The Morgan fingerprint density at radius 2 is 1.96 bits per heavy atom. The van der Waals surface area contributed by atoms with Crippen LogP contribution in [-0.4, -0.2) is 45.0 Å². The first-order valence-electron chi connectivity index (χ1n) is 9.35. The Kier molecular flexibility index (Phi) is 4.74. The number of rotatable bonds is 5. The Hall–Kier alpha value is -2.25. The van der Waals surface area contributed by atoms with Crippen molar-refractivity contribution in [2.75, 3.05) is 7.05 Å². The number of aliphatic hydroxyl groups is 1. The highest BCUT2D eigenvalue weighted by atomic mass is 32.1. The molecule has 0 radical (unpaired) electrons. The van der Waals surface area contributed by atoms with Gasteiger partial charge in [-0.25, -0.2) is 0 Å². The average Bonchev–Trinajstić information content (AvgIpc) is 3.07. The summed E-state index contributed by atoms with van der Waals surface area (Å²) in [5.74, 6) is 0.679. The van der Waals surface area contributed by atoms with E-state index in [2.05, 4.69) is 15.7 Å². The van der Waals surface area contributed by atoms with E-state index in [9.17, 15) is 9.90 Å². The van der Waals surface area contributed by atoms with E-state index in [1.165, 1.54) is 0 Å². The summed E-state index contributed by atoms with van der Waals surface area (Å²) in [5.41, 5.74) is 2.17. The fourth-order valence-corrected chi connectivity index (χ4v) is 4.32. The van der Waals surface area contributed by atoms with Gasteiger partial charge in [0.2, 0.25) is 0 Å². The van der Waals surface area contributed by atoms with Gasteiger partial charge in [-0.3, -0.25) is 9.48 Å². The summed E-state index contributed by atoms with van der Waals surface area (Å²) in [7, 11) is 1.75. The average molecular weight is 385 g/mol. The lowest BCUT2D eigenvalue weighted by Gasteiger charge is -2.16.